The molecule has 3 aliphatic rings. The average Bonchev–Trinajstić information content (AvgIpc) is 3.69. The quantitative estimate of drug-likeness (QED) is 0.600. The minimum atomic E-state index is -0.147. The van der Waals surface area contributed by atoms with Crippen molar-refractivity contribution >= 4 is 29.3 Å². The largest absolute Gasteiger partial charge is 0.378 e. The zero-order valence-corrected chi connectivity index (χ0v) is 19.9. The molecule has 176 valence electrons. The molecule has 1 saturated carbocycles. The number of piperidine rings is 1. The first-order valence-electron chi connectivity index (χ1n) is 11.8. The number of aromatic nitrogens is 2. The fraction of sp³-hybridized carbons (Fsp3) is 0.542. The highest BCUT2D eigenvalue weighted by atomic mass is 32.2. The molecule has 1 aliphatic carbocycles. The highest BCUT2D eigenvalue weighted by Gasteiger charge is 2.36. The van der Waals surface area contributed by atoms with Gasteiger partial charge in [0.05, 0.1) is 23.7 Å². The van der Waals surface area contributed by atoms with Crippen LogP contribution >= 0.6 is 11.8 Å². The summed E-state index contributed by atoms with van der Waals surface area (Å²) in [5.41, 5.74) is 2.82. The van der Waals surface area contributed by atoms with Crippen LogP contribution in [0.3, 0.4) is 0 Å². The van der Waals surface area contributed by atoms with Gasteiger partial charge in [-0.3, -0.25) is 0 Å². The van der Waals surface area contributed by atoms with Gasteiger partial charge in [-0.15, -0.1) is 0 Å². The number of benzene rings is 1. The van der Waals surface area contributed by atoms with Crippen molar-refractivity contribution in [1.29, 1.82) is 0 Å². The molecule has 2 saturated heterocycles. The lowest BCUT2D eigenvalue weighted by Crippen LogP contribution is -2.39. The number of carbonyl (C=O) groups excluding carboxylic acids is 1. The number of hydrogen-bond acceptors (Lipinski definition) is 7. The molecule has 33 heavy (non-hydrogen) atoms. The molecule has 8 nitrogen and oxygen atoms in total. The molecular formula is C24H32N6O2S. The van der Waals surface area contributed by atoms with Gasteiger partial charge in [-0.1, -0.05) is 0 Å². The summed E-state index contributed by atoms with van der Waals surface area (Å²) in [5, 5.41) is 9.34. The van der Waals surface area contributed by atoms with Gasteiger partial charge in [-0.25, -0.2) is 14.8 Å². The van der Waals surface area contributed by atoms with E-state index in [9.17, 15) is 4.79 Å². The topological polar surface area (TPSA) is 91.4 Å². The molecular weight excluding hydrogens is 436 g/mol. The highest BCUT2D eigenvalue weighted by molar-refractivity contribution is 7.99. The maximum absolute atomic E-state index is 12.1. The molecule has 2 aromatic rings. The second kappa shape index (κ2) is 9.87. The molecule has 3 heterocycles. The lowest BCUT2D eigenvalue weighted by atomic mass is 9.92. The number of hydrogen-bond donors (Lipinski definition) is 3. The van der Waals surface area contributed by atoms with Crippen LogP contribution in [0.15, 0.2) is 30.3 Å². The molecule has 1 aromatic heterocycles. The van der Waals surface area contributed by atoms with Gasteiger partial charge in [0.1, 0.15) is 5.82 Å². The predicted octanol–water partition coefficient (Wildman–Crippen LogP) is 3.21. The summed E-state index contributed by atoms with van der Waals surface area (Å²) in [7, 11) is 0. The van der Waals surface area contributed by atoms with Gasteiger partial charge in [-0.2, -0.15) is 11.8 Å². The summed E-state index contributed by atoms with van der Waals surface area (Å²) >= 11 is 1.90. The summed E-state index contributed by atoms with van der Waals surface area (Å²) in [5.74, 6) is 1.70. The Morgan fingerprint density at radius 2 is 1.88 bits per heavy atom. The summed E-state index contributed by atoms with van der Waals surface area (Å²) in [4.78, 5) is 24.4. The smallest absolute Gasteiger partial charge is 0.319 e. The van der Waals surface area contributed by atoms with Gasteiger partial charge in [0.15, 0.2) is 5.82 Å². The van der Waals surface area contributed by atoms with Crippen molar-refractivity contribution in [3.8, 4) is 11.4 Å². The third kappa shape index (κ3) is 5.26. The molecule has 5 rings (SSSR count). The number of amides is 2. The first-order valence-corrected chi connectivity index (χ1v) is 13.0. The second-order valence-electron chi connectivity index (χ2n) is 8.93. The molecule has 0 atom stereocenters. The van der Waals surface area contributed by atoms with E-state index in [4.69, 9.17) is 14.7 Å². The van der Waals surface area contributed by atoms with Gasteiger partial charge in [0.25, 0.3) is 0 Å². The monoisotopic (exact) mass is 468 g/mol. The number of nitrogens with one attached hydrogen (secondary N) is 3. The van der Waals surface area contributed by atoms with E-state index in [1.54, 1.807) is 0 Å². The number of nitrogens with zero attached hydrogens (tertiary/aromatic N) is 3. The predicted molar refractivity (Wildman–Crippen MR) is 133 cm³/mol. The Kier molecular flexibility index (Phi) is 6.71. The van der Waals surface area contributed by atoms with Crippen LogP contribution in [-0.4, -0.2) is 67.7 Å². The maximum atomic E-state index is 12.1. The zero-order chi connectivity index (χ0) is 22.7. The van der Waals surface area contributed by atoms with Crippen molar-refractivity contribution in [3.05, 3.63) is 36.0 Å². The average molecular weight is 469 g/mol. The number of carbonyl (C=O) groups is 1. The van der Waals surface area contributed by atoms with Crippen molar-refractivity contribution < 1.29 is 9.53 Å². The van der Waals surface area contributed by atoms with Gasteiger partial charge < -0.3 is 25.6 Å². The van der Waals surface area contributed by atoms with Crippen molar-refractivity contribution in [2.45, 2.75) is 36.5 Å². The summed E-state index contributed by atoms with van der Waals surface area (Å²) in [6, 6.07) is 10.2. The zero-order valence-electron chi connectivity index (χ0n) is 19.1. The third-order valence-electron chi connectivity index (χ3n) is 6.63. The first kappa shape index (κ1) is 22.4. The van der Waals surface area contributed by atoms with E-state index in [2.05, 4.69) is 33.2 Å². The van der Waals surface area contributed by atoms with Crippen LogP contribution in [0.5, 0.6) is 0 Å². The Bertz CT molecular complexity index is 969. The lowest BCUT2D eigenvalue weighted by molar-refractivity contribution is 0.122. The minimum Gasteiger partial charge on any atom is -0.378 e. The van der Waals surface area contributed by atoms with Crippen LogP contribution in [0, 0.1) is 0 Å². The number of urea groups is 1. The highest BCUT2D eigenvalue weighted by Crippen LogP contribution is 2.43. The molecule has 0 unspecified atom stereocenters. The summed E-state index contributed by atoms with van der Waals surface area (Å²) in [6.07, 6.45) is 6.42. The summed E-state index contributed by atoms with van der Waals surface area (Å²) < 4.78 is 5.55. The van der Waals surface area contributed by atoms with E-state index in [-0.39, 0.29) is 10.8 Å². The van der Waals surface area contributed by atoms with Gasteiger partial charge >= 0.3 is 6.03 Å². The van der Waals surface area contributed by atoms with Crippen molar-refractivity contribution in [2.24, 2.45) is 0 Å². The molecule has 3 fully saturated rings. The van der Waals surface area contributed by atoms with Gasteiger partial charge in [0, 0.05) is 36.4 Å². The fourth-order valence-electron chi connectivity index (χ4n) is 4.43. The third-order valence-corrected chi connectivity index (χ3v) is 8.03. The van der Waals surface area contributed by atoms with Crippen LogP contribution in [-0.2, 0) is 9.48 Å². The Morgan fingerprint density at radius 1 is 1.15 bits per heavy atom. The standard InChI is InChI=1S/C24H32N6O2S/c1-33-24(8-10-25-11-9-24)20-16-21(30-12-14-32-15-13-30)29-22(28-20)17-2-4-18(5-3-17)26-23(31)27-19-6-7-19/h2-5,16,19,25H,6-15H2,1H3,(H2,26,27,31). The van der Waals surface area contributed by atoms with E-state index >= 15 is 0 Å². The first-order chi connectivity index (χ1) is 16.1. The molecule has 9 heteroatoms. The number of ether oxygens (including phenoxy) is 1. The van der Waals surface area contributed by atoms with E-state index in [0.29, 0.717) is 6.04 Å². The normalized spacial score (nSPS) is 20.3. The van der Waals surface area contributed by atoms with E-state index in [0.717, 1.165) is 93.7 Å². The van der Waals surface area contributed by atoms with E-state index < -0.39 is 0 Å². The van der Waals surface area contributed by atoms with Gasteiger partial charge in [0.2, 0.25) is 0 Å². The van der Waals surface area contributed by atoms with Crippen LogP contribution < -0.4 is 20.9 Å². The number of anilines is 2. The Hall–Kier alpha value is -2.36. The summed E-state index contributed by atoms with van der Waals surface area (Å²) in [6.45, 7) is 5.10. The molecule has 0 radical (unpaired) electrons. The molecule has 0 bridgehead atoms. The molecule has 2 amide bonds. The molecule has 0 spiro atoms. The minimum absolute atomic E-state index is 0.00757. The molecule has 2 aliphatic heterocycles. The Morgan fingerprint density at radius 3 is 2.55 bits per heavy atom. The number of rotatable bonds is 6. The van der Waals surface area contributed by atoms with E-state index in [1.807, 2.05) is 36.0 Å². The van der Waals surface area contributed by atoms with E-state index in [1.165, 1.54) is 0 Å². The van der Waals surface area contributed by atoms with Crippen LogP contribution in [0.4, 0.5) is 16.3 Å². The molecule has 3 N–H and O–H groups in total. The molecule has 1 aromatic carbocycles. The lowest BCUT2D eigenvalue weighted by Gasteiger charge is -2.37. The number of morpholine rings is 1. The van der Waals surface area contributed by atoms with Crippen LogP contribution in [0.1, 0.15) is 31.4 Å². The maximum Gasteiger partial charge on any atom is 0.319 e. The van der Waals surface area contributed by atoms with Crippen LogP contribution in [0.25, 0.3) is 11.4 Å². The van der Waals surface area contributed by atoms with Crippen molar-refractivity contribution in [1.82, 2.24) is 20.6 Å². The Balaban J connectivity index is 1.44. The SMILES string of the molecule is CSC1(c2cc(N3CCOCC3)nc(-c3ccc(NC(=O)NC4CC4)cc3)n2)CCNCC1. The second-order valence-corrected chi connectivity index (χ2v) is 10.1. The van der Waals surface area contributed by atoms with Crippen molar-refractivity contribution in [3.63, 3.8) is 0 Å². The van der Waals surface area contributed by atoms with Crippen molar-refractivity contribution in [2.75, 3.05) is 55.9 Å². The van der Waals surface area contributed by atoms with Crippen LogP contribution in [0.2, 0.25) is 0 Å². The van der Waals surface area contributed by atoms with Gasteiger partial charge in [-0.05, 0) is 69.3 Å². The Labute approximate surface area is 199 Å². The number of thioether (sulfide) groups is 1. The fourth-order valence-corrected chi connectivity index (χ4v) is 5.36.